The summed E-state index contributed by atoms with van der Waals surface area (Å²) in [6, 6.07) is 0.295. The summed E-state index contributed by atoms with van der Waals surface area (Å²) in [5, 5.41) is 0. The van der Waals surface area contributed by atoms with E-state index in [0.29, 0.717) is 31.4 Å². The lowest BCUT2D eigenvalue weighted by Crippen LogP contribution is -2.57. The zero-order valence-corrected chi connectivity index (χ0v) is 15.7. The van der Waals surface area contributed by atoms with Crippen molar-refractivity contribution >= 4 is 11.8 Å². The number of fused-ring (bicyclic) bond motifs is 1. The second-order valence-electron chi connectivity index (χ2n) is 7.33. The highest BCUT2D eigenvalue weighted by atomic mass is 16.5. The lowest BCUT2D eigenvalue weighted by molar-refractivity contribution is -0.144. The number of aryl methyl sites for hydroxylation is 1. The van der Waals surface area contributed by atoms with Crippen LogP contribution in [0.2, 0.25) is 0 Å². The first-order valence-electron chi connectivity index (χ1n) is 9.71. The van der Waals surface area contributed by atoms with Gasteiger partial charge in [0.2, 0.25) is 11.8 Å². The van der Waals surface area contributed by atoms with Gasteiger partial charge in [-0.25, -0.2) is 4.98 Å². The molecule has 2 aliphatic heterocycles. The quantitative estimate of drug-likeness (QED) is 0.658. The van der Waals surface area contributed by atoms with Crippen LogP contribution in [-0.4, -0.2) is 70.6 Å². The minimum atomic E-state index is 0.242. The normalized spacial score (nSPS) is 23.2. The number of hydrogen-bond acceptors (Lipinski definition) is 4. The number of piperidine rings is 2. The van der Waals surface area contributed by atoms with Crippen LogP contribution in [0.3, 0.4) is 0 Å². The van der Waals surface area contributed by atoms with E-state index < -0.39 is 0 Å². The number of aromatic nitrogens is 2. The molecule has 0 spiro atoms. The molecular formula is C19H30N4O3. The molecular weight excluding hydrogens is 332 g/mol. The fourth-order valence-electron chi connectivity index (χ4n) is 4.24. The van der Waals surface area contributed by atoms with Crippen LogP contribution in [0.1, 0.15) is 38.5 Å². The summed E-state index contributed by atoms with van der Waals surface area (Å²) in [6.07, 6.45) is 10.2. The molecule has 1 aromatic heterocycles. The summed E-state index contributed by atoms with van der Waals surface area (Å²) in [5.41, 5.74) is 0. The smallest absolute Gasteiger partial charge is 0.222 e. The largest absolute Gasteiger partial charge is 0.385 e. The molecule has 2 fully saturated rings. The maximum atomic E-state index is 12.6. The second kappa shape index (κ2) is 9.16. The van der Waals surface area contributed by atoms with Crippen LogP contribution >= 0.6 is 0 Å². The van der Waals surface area contributed by atoms with Crippen molar-refractivity contribution in [1.82, 2.24) is 19.4 Å². The van der Waals surface area contributed by atoms with Crippen molar-refractivity contribution in [3.8, 4) is 0 Å². The Morgan fingerprint density at radius 2 is 2.19 bits per heavy atom. The summed E-state index contributed by atoms with van der Waals surface area (Å²) in [5.74, 6) is 0.926. The Kier molecular flexibility index (Phi) is 6.66. The van der Waals surface area contributed by atoms with Gasteiger partial charge in [-0.2, -0.15) is 0 Å². The topological polar surface area (TPSA) is 67.7 Å². The number of ether oxygens (including phenoxy) is 1. The molecule has 3 heterocycles. The molecule has 1 aromatic rings. The van der Waals surface area contributed by atoms with Gasteiger partial charge in [-0.3, -0.25) is 9.59 Å². The Balaban J connectivity index is 1.47. The Hall–Kier alpha value is -1.89. The molecule has 7 nitrogen and oxygen atoms in total. The van der Waals surface area contributed by atoms with E-state index in [0.717, 1.165) is 51.9 Å². The number of carbonyl (C=O) groups is 2. The fourth-order valence-corrected chi connectivity index (χ4v) is 4.24. The highest BCUT2D eigenvalue weighted by molar-refractivity contribution is 5.78. The number of rotatable bonds is 8. The average Bonchev–Trinajstić information content (AvgIpc) is 3.16. The standard InChI is InChI=1S/C19H30N4O3/c1-26-13-3-10-23-17-7-11-22(14-16(17)5-6-19(23)25)18(24)4-2-9-21-12-8-20-15-21/h8,12,15-17H,2-7,9-11,13-14H2,1H3/t16-,17+/m0/s1. The van der Waals surface area contributed by atoms with Gasteiger partial charge in [0.15, 0.2) is 0 Å². The molecule has 2 saturated heterocycles. The molecule has 2 atom stereocenters. The molecule has 2 aliphatic rings. The Bertz CT molecular complexity index is 590. The maximum Gasteiger partial charge on any atom is 0.222 e. The molecule has 0 saturated carbocycles. The number of carbonyl (C=O) groups excluding carboxylic acids is 2. The van der Waals surface area contributed by atoms with Crippen LogP contribution in [0.15, 0.2) is 18.7 Å². The van der Waals surface area contributed by atoms with E-state index in [4.69, 9.17) is 4.74 Å². The van der Waals surface area contributed by atoms with Gasteiger partial charge < -0.3 is 19.1 Å². The molecule has 3 rings (SSSR count). The first-order valence-corrected chi connectivity index (χ1v) is 9.71. The lowest BCUT2D eigenvalue weighted by atomic mass is 9.83. The zero-order valence-electron chi connectivity index (χ0n) is 15.7. The van der Waals surface area contributed by atoms with Gasteiger partial charge in [0.05, 0.1) is 6.33 Å². The van der Waals surface area contributed by atoms with E-state index in [2.05, 4.69) is 4.98 Å². The van der Waals surface area contributed by atoms with Gasteiger partial charge in [-0.1, -0.05) is 0 Å². The van der Waals surface area contributed by atoms with Crippen molar-refractivity contribution < 1.29 is 14.3 Å². The molecule has 0 aromatic carbocycles. The Labute approximate surface area is 155 Å². The predicted octanol–water partition coefficient (Wildman–Crippen LogP) is 1.54. The second-order valence-corrected chi connectivity index (χ2v) is 7.33. The molecule has 0 aliphatic carbocycles. The number of imidazole rings is 1. The van der Waals surface area contributed by atoms with Crippen molar-refractivity contribution in [2.24, 2.45) is 5.92 Å². The third-order valence-electron chi connectivity index (χ3n) is 5.61. The number of methoxy groups -OCH3 is 1. The summed E-state index contributed by atoms with van der Waals surface area (Å²) in [7, 11) is 1.69. The first kappa shape index (κ1) is 18.9. The van der Waals surface area contributed by atoms with E-state index in [1.54, 1.807) is 19.6 Å². The van der Waals surface area contributed by atoms with Gasteiger partial charge in [-0.05, 0) is 31.6 Å². The Morgan fingerprint density at radius 3 is 2.96 bits per heavy atom. The lowest BCUT2D eigenvalue weighted by Gasteiger charge is -2.47. The third-order valence-corrected chi connectivity index (χ3v) is 5.61. The molecule has 0 bridgehead atoms. The van der Waals surface area contributed by atoms with E-state index in [1.807, 2.05) is 20.6 Å². The third kappa shape index (κ3) is 4.63. The van der Waals surface area contributed by atoms with Crippen LogP contribution in [-0.2, 0) is 20.9 Å². The molecule has 0 N–H and O–H groups in total. The molecule has 7 heteroatoms. The van der Waals surface area contributed by atoms with Gasteiger partial charge in [-0.15, -0.1) is 0 Å². The van der Waals surface area contributed by atoms with Gasteiger partial charge >= 0.3 is 0 Å². The van der Waals surface area contributed by atoms with Gasteiger partial charge in [0, 0.05) is 71.2 Å². The van der Waals surface area contributed by atoms with Crippen molar-refractivity contribution in [2.75, 3.05) is 33.4 Å². The van der Waals surface area contributed by atoms with Crippen LogP contribution in [0.25, 0.3) is 0 Å². The molecule has 2 amide bonds. The molecule has 26 heavy (non-hydrogen) atoms. The summed E-state index contributed by atoms with van der Waals surface area (Å²) in [4.78, 5) is 33.0. The average molecular weight is 362 g/mol. The molecule has 0 unspecified atom stereocenters. The van der Waals surface area contributed by atoms with Crippen molar-refractivity contribution in [3.63, 3.8) is 0 Å². The zero-order chi connectivity index (χ0) is 18.4. The van der Waals surface area contributed by atoms with Gasteiger partial charge in [0.25, 0.3) is 0 Å². The highest BCUT2D eigenvalue weighted by Gasteiger charge is 2.39. The van der Waals surface area contributed by atoms with Crippen molar-refractivity contribution in [1.29, 1.82) is 0 Å². The SMILES string of the molecule is COCCCN1C(=O)CC[C@H]2CN(C(=O)CCCn3ccnc3)CC[C@H]21. The minimum absolute atomic E-state index is 0.242. The first-order chi connectivity index (χ1) is 12.7. The van der Waals surface area contributed by atoms with Crippen molar-refractivity contribution in [2.45, 2.75) is 51.1 Å². The minimum Gasteiger partial charge on any atom is -0.385 e. The van der Waals surface area contributed by atoms with Gasteiger partial charge in [0.1, 0.15) is 0 Å². The van der Waals surface area contributed by atoms with E-state index in [-0.39, 0.29) is 11.8 Å². The predicted molar refractivity (Wildman–Crippen MR) is 97.4 cm³/mol. The summed E-state index contributed by atoms with van der Waals surface area (Å²) < 4.78 is 7.12. The fraction of sp³-hybridized carbons (Fsp3) is 0.737. The number of likely N-dealkylation sites (tertiary alicyclic amines) is 2. The summed E-state index contributed by atoms with van der Waals surface area (Å²) in [6.45, 7) is 3.84. The van der Waals surface area contributed by atoms with E-state index >= 15 is 0 Å². The number of nitrogens with zero attached hydrogens (tertiary/aromatic N) is 4. The maximum absolute atomic E-state index is 12.6. The summed E-state index contributed by atoms with van der Waals surface area (Å²) >= 11 is 0. The Morgan fingerprint density at radius 1 is 1.31 bits per heavy atom. The monoisotopic (exact) mass is 362 g/mol. The van der Waals surface area contributed by atoms with Crippen LogP contribution < -0.4 is 0 Å². The van der Waals surface area contributed by atoms with E-state index in [9.17, 15) is 9.59 Å². The number of amides is 2. The van der Waals surface area contributed by atoms with Crippen LogP contribution in [0.4, 0.5) is 0 Å². The molecule has 144 valence electrons. The number of hydrogen-bond donors (Lipinski definition) is 0. The van der Waals surface area contributed by atoms with Crippen molar-refractivity contribution in [3.05, 3.63) is 18.7 Å². The van der Waals surface area contributed by atoms with Crippen LogP contribution in [0, 0.1) is 5.92 Å². The highest BCUT2D eigenvalue weighted by Crippen LogP contribution is 2.31. The van der Waals surface area contributed by atoms with E-state index in [1.165, 1.54) is 0 Å². The molecule has 0 radical (unpaired) electrons. The van der Waals surface area contributed by atoms with Crippen LogP contribution in [0.5, 0.6) is 0 Å².